The molecule has 0 aromatic carbocycles. The molecule has 88 valence electrons. The van der Waals surface area contributed by atoms with E-state index >= 15 is 0 Å². The van der Waals surface area contributed by atoms with Crippen LogP contribution in [-0.2, 0) is 0 Å². The molecule has 0 amide bonds. The van der Waals surface area contributed by atoms with Gasteiger partial charge < -0.3 is 0 Å². The lowest BCUT2D eigenvalue weighted by molar-refractivity contribution is 0.492. The highest BCUT2D eigenvalue weighted by molar-refractivity contribution is 6.32. The van der Waals surface area contributed by atoms with E-state index in [-0.39, 0.29) is 0 Å². The van der Waals surface area contributed by atoms with E-state index in [4.69, 9.17) is 11.6 Å². The van der Waals surface area contributed by atoms with E-state index in [1.165, 1.54) is 31.3 Å². The van der Waals surface area contributed by atoms with Crippen LogP contribution in [0.3, 0.4) is 0 Å². The molecule has 0 fully saturated rings. The van der Waals surface area contributed by atoms with Gasteiger partial charge in [0.2, 0.25) is 0 Å². The summed E-state index contributed by atoms with van der Waals surface area (Å²) in [5.41, 5.74) is 2.89. The average Bonchev–Trinajstić information content (AvgIpc) is 2.27. The fraction of sp³-hybridized carbons (Fsp3) is 0.600. The third-order valence-electron chi connectivity index (χ3n) is 3.78. The van der Waals surface area contributed by atoms with Crippen LogP contribution in [0.5, 0.6) is 0 Å². The summed E-state index contributed by atoms with van der Waals surface area (Å²) in [6.45, 7) is 4.44. The Labute approximate surface area is 104 Å². The minimum atomic E-state index is 0.635. The lowest BCUT2D eigenvalue weighted by atomic mass is 9.84. The van der Waals surface area contributed by atoms with Gasteiger partial charge in [-0.15, -0.1) is 0 Å². The maximum atomic E-state index is 6.18. The van der Waals surface area contributed by atoms with Crippen molar-refractivity contribution in [3.05, 3.63) is 34.4 Å². The molecule has 1 heteroatoms. The molecule has 0 aromatic heterocycles. The second-order valence-electron chi connectivity index (χ2n) is 5.34. The van der Waals surface area contributed by atoms with Gasteiger partial charge in [0, 0.05) is 5.03 Å². The lowest BCUT2D eigenvalue weighted by Crippen LogP contribution is -2.07. The molecule has 16 heavy (non-hydrogen) atoms. The van der Waals surface area contributed by atoms with E-state index in [9.17, 15) is 0 Å². The molecule has 0 aromatic rings. The standard InChI is InChI=1S/C15H21Cl/c1-11-3-6-13(7-4-11)9-14-8-5-12(2)15(16)10-14/h5-6,10-11,14H,3-4,7-9H2,1-2H3. The summed E-state index contributed by atoms with van der Waals surface area (Å²) in [7, 11) is 0. The highest BCUT2D eigenvalue weighted by Crippen LogP contribution is 2.33. The van der Waals surface area contributed by atoms with Crippen LogP contribution in [0.25, 0.3) is 0 Å². The zero-order valence-electron chi connectivity index (χ0n) is 10.3. The Morgan fingerprint density at radius 1 is 1.31 bits per heavy atom. The van der Waals surface area contributed by atoms with Crippen LogP contribution in [0.15, 0.2) is 34.4 Å². The molecule has 0 spiro atoms. The van der Waals surface area contributed by atoms with E-state index in [0.717, 1.165) is 17.4 Å². The quantitative estimate of drug-likeness (QED) is 0.578. The zero-order chi connectivity index (χ0) is 11.5. The number of allylic oxidation sites excluding steroid dienone is 6. The van der Waals surface area contributed by atoms with E-state index in [0.29, 0.717) is 5.92 Å². The summed E-state index contributed by atoms with van der Waals surface area (Å²) in [5, 5.41) is 0.959. The van der Waals surface area contributed by atoms with E-state index in [1.807, 2.05) is 0 Å². The number of hydrogen-bond donors (Lipinski definition) is 0. The molecule has 0 saturated heterocycles. The van der Waals surface area contributed by atoms with Crippen molar-refractivity contribution in [3.8, 4) is 0 Å². The van der Waals surface area contributed by atoms with Gasteiger partial charge in [0.25, 0.3) is 0 Å². The minimum absolute atomic E-state index is 0.635. The fourth-order valence-electron chi connectivity index (χ4n) is 2.52. The van der Waals surface area contributed by atoms with Gasteiger partial charge in [0.05, 0.1) is 0 Å². The van der Waals surface area contributed by atoms with Crippen molar-refractivity contribution in [1.82, 2.24) is 0 Å². The molecule has 0 bridgehead atoms. The van der Waals surface area contributed by atoms with Gasteiger partial charge in [-0.2, -0.15) is 0 Å². The van der Waals surface area contributed by atoms with Crippen LogP contribution in [0.2, 0.25) is 0 Å². The Kier molecular flexibility index (Phi) is 3.91. The number of rotatable bonds is 2. The Hall–Kier alpha value is -0.490. The minimum Gasteiger partial charge on any atom is -0.0850 e. The average molecular weight is 237 g/mol. The van der Waals surface area contributed by atoms with Gasteiger partial charge >= 0.3 is 0 Å². The predicted molar refractivity (Wildman–Crippen MR) is 71.5 cm³/mol. The zero-order valence-corrected chi connectivity index (χ0v) is 11.1. The molecule has 2 unspecified atom stereocenters. The summed E-state index contributed by atoms with van der Waals surface area (Å²) in [6.07, 6.45) is 13.3. The summed E-state index contributed by atoms with van der Waals surface area (Å²) < 4.78 is 0. The largest absolute Gasteiger partial charge is 0.0850 e. The second-order valence-corrected chi connectivity index (χ2v) is 5.75. The number of hydrogen-bond acceptors (Lipinski definition) is 0. The normalized spacial score (nSPS) is 30.6. The molecule has 0 aliphatic heterocycles. The Balaban J connectivity index is 1.92. The highest BCUT2D eigenvalue weighted by atomic mass is 35.5. The summed E-state index contributed by atoms with van der Waals surface area (Å²) in [5.74, 6) is 1.52. The third kappa shape index (κ3) is 3.01. The molecule has 0 nitrogen and oxygen atoms in total. The Morgan fingerprint density at radius 2 is 2.12 bits per heavy atom. The molecule has 2 atom stereocenters. The first kappa shape index (κ1) is 12.0. The predicted octanol–water partition coefficient (Wildman–Crippen LogP) is 5.21. The van der Waals surface area contributed by atoms with Crippen LogP contribution in [0.4, 0.5) is 0 Å². The van der Waals surface area contributed by atoms with Gasteiger partial charge in [-0.05, 0) is 56.4 Å². The first-order valence-corrected chi connectivity index (χ1v) is 6.75. The Bertz CT molecular complexity index is 346. The molecular formula is C15H21Cl. The van der Waals surface area contributed by atoms with Crippen LogP contribution in [0.1, 0.15) is 46.0 Å². The maximum Gasteiger partial charge on any atom is 0.0395 e. The first-order chi connectivity index (χ1) is 7.65. The van der Waals surface area contributed by atoms with E-state index in [1.54, 1.807) is 5.57 Å². The molecule has 0 radical (unpaired) electrons. The first-order valence-electron chi connectivity index (χ1n) is 6.37. The molecule has 0 heterocycles. The monoisotopic (exact) mass is 236 g/mol. The lowest BCUT2D eigenvalue weighted by Gasteiger charge is -2.22. The van der Waals surface area contributed by atoms with Gasteiger partial charge in [-0.3, -0.25) is 0 Å². The summed E-state index contributed by atoms with van der Waals surface area (Å²) >= 11 is 6.18. The molecule has 2 aliphatic rings. The van der Waals surface area contributed by atoms with Crippen LogP contribution in [-0.4, -0.2) is 0 Å². The smallest absolute Gasteiger partial charge is 0.0395 e. The SMILES string of the molecule is CC1=CCC(CC2=CCC(C)CC2)C=C1Cl. The molecule has 0 saturated carbocycles. The van der Waals surface area contributed by atoms with E-state index < -0.39 is 0 Å². The number of halogens is 1. The van der Waals surface area contributed by atoms with Crippen molar-refractivity contribution in [2.75, 3.05) is 0 Å². The van der Waals surface area contributed by atoms with Crippen LogP contribution in [0, 0.1) is 11.8 Å². The summed E-state index contributed by atoms with van der Waals surface area (Å²) in [6, 6.07) is 0. The van der Waals surface area contributed by atoms with Gasteiger partial charge in [0.15, 0.2) is 0 Å². The van der Waals surface area contributed by atoms with Crippen molar-refractivity contribution in [2.45, 2.75) is 46.0 Å². The van der Waals surface area contributed by atoms with Crippen LogP contribution < -0.4 is 0 Å². The van der Waals surface area contributed by atoms with Crippen molar-refractivity contribution in [3.63, 3.8) is 0 Å². The van der Waals surface area contributed by atoms with E-state index in [2.05, 4.69) is 32.1 Å². The third-order valence-corrected chi connectivity index (χ3v) is 4.20. The van der Waals surface area contributed by atoms with Crippen molar-refractivity contribution >= 4 is 11.6 Å². The fourth-order valence-corrected chi connectivity index (χ4v) is 2.77. The molecule has 2 aliphatic carbocycles. The second kappa shape index (κ2) is 5.23. The summed E-state index contributed by atoms with van der Waals surface area (Å²) in [4.78, 5) is 0. The van der Waals surface area contributed by atoms with Gasteiger partial charge in [-0.25, -0.2) is 0 Å². The topological polar surface area (TPSA) is 0 Å². The molecule has 2 rings (SSSR count). The maximum absolute atomic E-state index is 6.18. The van der Waals surface area contributed by atoms with Crippen molar-refractivity contribution in [1.29, 1.82) is 0 Å². The van der Waals surface area contributed by atoms with Crippen molar-refractivity contribution in [2.24, 2.45) is 11.8 Å². The van der Waals surface area contributed by atoms with Crippen LogP contribution >= 0.6 is 11.6 Å². The molecular weight excluding hydrogens is 216 g/mol. The molecule has 0 N–H and O–H groups in total. The highest BCUT2D eigenvalue weighted by Gasteiger charge is 2.16. The van der Waals surface area contributed by atoms with Gasteiger partial charge in [0.1, 0.15) is 0 Å². The Morgan fingerprint density at radius 3 is 2.75 bits per heavy atom. The van der Waals surface area contributed by atoms with Gasteiger partial charge in [-0.1, -0.05) is 42.3 Å². The van der Waals surface area contributed by atoms with Crippen molar-refractivity contribution < 1.29 is 0 Å².